The number of nitrogens with zero attached hydrogens (tertiary/aromatic N) is 4. The van der Waals surface area contributed by atoms with Crippen LogP contribution in [-0.2, 0) is 0 Å². The molecule has 0 saturated heterocycles. The molecule has 0 amide bonds. The van der Waals surface area contributed by atoms with Gasteiger partial charge in [0.2, 0.25) is 0 Å². The van der Waals surface area contributed by atoms with E-state index in [-0.39, 0.29) is 0 Å². The summed E-state index contributed by atoms with van der Waals surface area (Å²) in [5, 5.41) is 12.6. The zero-order valence-electron chi connectivity index (χ0n) is 10.5. The minimum atomic E-state index is 0.514. The largest absolute Gasteiger partial charge is 0.465 e. The van der Waals surface area contributed by atoms with Gasteiger partial charge in [-0.25, -0.2) is 0 Å². The van der Waals surface area contributed by atoms with Gasteiger partial charge in [-0.2, -0.15) is 5.26 Å². The van der Waals surface area contributed by atoms with Gasteiger partial charge in [-0.3, -0.25) is 0 Å². The molecule has 5 heteroatoms. The second-order valence-corrected chi connectivity index (χ2v) is 3.80. The van der Waals surface area contributed by atoms with Crippen LogP contribution in [0.3, 0.4) is 0 Å². The Morgan fingerprint density at radius 2 is 2.10 bits per heavy atom. The summed E-state index contributed by atoms with van der Waals surface area (Å²) >= 11 is 0. The van der Waals surface area contributed by atoms with Crippen molar-refractivity contribution in [2.24, 2.45) is 5.11 Å². The van der Waals surface area contributed by atoms with Crippen LogP contribution in [0.1, 0.15) is 11.3 Å². The molecule has 0 unspecified atom stereocenters. The maximum Gasteiger partial charge on any atom is 0.126 e. The third-order valence-corrected chi connectivity index (χ3v) is 2.53. The fourth-order valence-electron chi connectivity index (χ4n) is 1.58. The highest BCUT2D eigenvalue weighted by Crippen LogP contribution is 2.19. The number of azide groups is 1. The molecule has 0 bridgehead atoms. The van der Waals surface area contributed by atoms with Crippen molar-refractivity contribution in [2.45, 2.75) is 0 Å². The van der Waals surface area contributed by atoms with Crippen molar-refractivity contribution in [1.29, 1.82) is 5.26 Å². The molecule has 0 fully saturated rings. The second kappa shape index (κ2) is 6.64. The maximum absolute atomic E-state index is 9.15. The summed E-state index contributed by atoms with van der Waals surface area (Å²) < 4.78 is 5.15. The molecule has 0 N–H and O–H groups in total. The first-order valence-electron chi connectivity index (χ1n) is 5.81. The van der Waals surface area contributed by atoms with E-state index in [4.69, 9.17) is 15.2 Å². The zero-order valence-corrected chi connectivity index (χ0v) is 10.5. The first-order valence-corrected chi connectivity index (χ1v) is 5.81. The second-order valence-electron chi connectivity index (χ2n) is 3.80. The number of rotatable bonds is 4. The van der Waals surface area contributed by atoms with Crippen LogP contribution in [0.15, 0.2) is 64.3 Å². The normalized spacial score (nSPS) is 11.1. The van der Waals surface area contributed by atoms with Gasteiger partial charge in [0.1, 0.15) is 5.76 Å². The molecule has 1 aromatic heterocycles. The van der Waals surface area contributed by atoms with E-state index in [1.165, 1.54) is 0 Å². The smallest absolute Gasteiger partial charge is 0.126 e. The van der Waals surface area contributed by atoms with E-state index in [1.54, 1.807) is 54.8 Å². The van der Waals surface area contributed by atoms with Crippen LogP contribution in [0.5, 0.6) is 0 Å². The summed E-state index contributed by atoms with van der Waals surface area (Å²) in [5.74, 6) is 0.720. The molecule has 0 saturated carbocycles. The summed E-state index contributed by atoms with van der Waals surface area (Å²) in [5.41, 5.74) is 10.1. The minimum absolute atomic E-state index is 0.514. The van der Waals surface area contributed by atoms with Gasteiger partial charge in [0, 0.05) is 10.6 Å². The number of hydrogen-bond donors (Lipinski definition) is 0. The zero-order chi connectivity index (χ0) is 14.2. The van der Waals surface area contributed by atoms with Gasteiger partial charge in [-0.05, 0) is 35.4 Å². The molecule has 1 heterocycles. The molecule has 20 heavy (non-hydrogen) atoms. The molecule has 0 aliphatic heterocycles. The minimum Gasteiger partial charge on any atom is -0.465 e. The molecule has 0 aliphatic carbocycles. The average Bonchev–Trinajstić information content (AvgIpc) is 2.98. The van der Waals surface area contributed by atoms with Crippen LogP contribution in [-0.4, -0.2) is 0 Å². The Morgan fingerprint density at radius 3 is 2.70 bits per heavy atom. The Kier molecular flexibility index (Phi) is 4.39. The Hall–Kier alpha value is -3.22. The van der Waals surface area contributed by atoms with Crippen molar-refractivity contribution in [3.8, 4) is 6.07 Å². The number of nitriles is 1. The van der Waals surface area contributed by atoms with E-state index in [1.807, 2.05) is 6.07 Å². The predicted octanol–water partition coefficient (Wildman–Crippen LogP) is 4.84. The van der Waals surface area contributed by atoms with Gasteiger partial charge < -0.3 is 4.42 Å². The third-order valence-electron chi connectivity index (χ3n) is 2.53. The topological polar surface area (TPSA) is 85.7 Å². The van der Waals surface area contributed by atoms with Crippen molar-refractivity contribution in [3.63, 3.8) is 0 Å². The van der Waals surface area contributed by atoms with Gasteiger partial charge >= 0.3 is 0 Å². The fourth-order valence-corrected chi connectivity index (χ4v) is 1.58. The van der Waals surface area contributed by atoms with E-state index >= 15 is 0 Å². The first kappa shape index (κ1) is 13.2. The molecule has 96 valence electrons. The highest BCUT2D eigenvalue weighted by molar-refractivity contribution is 5.79. The van der Waals surface area contributed by atoms with Crippen LogP contribution in [0.2, 0.25) is 0 Å². The Morgan fingerprint density at radius 1 is 1.30 bits per heavy atom. The number of benzene rings is 1. The monoisotopic (exact) mass is 262 g/mol. The number of hydrogen-bond acceptors (Lipinski definition) is 3. The van der Waals surface area contributed by atoms with E-state index in [0.717, 1.165) is 11.3 Å². The van der Waals surface area contributed by atoms with Crippen LogP contribution in [0, 0.1) is 11.3 Å². The first-order chi connectivity index (χ1) is 9.83. The molecular weight excluding hydrogens is 252 g/mol. The molecule has 0 radical (unpaired) electrons. The molecule has 5 nitrogen and oxygen atoms in total. The SMILES string of the molecule is N#C/C(=C\C=C\c1ccco1)c1ccc(N=[N+]=[N-])cc1. The number of furan rings is 1. The fraction of sp³-hybridized carbons (Fsp3) is 0. The lowest BCUT2D eigenvalue weighted by atomic mass is 10.1. The summed E-state index contributed by atoms with van der Waals surface area (Å²) in [7, 11) is 0. The molecule has 2 rings (SSSR count). The van der Waals surface area contributed by atoms with Crippen molar-refractivity contribution in [1.82, 2.24) is 0 Å². The molecule has 2 aromatic rings. The highest BCUT2D eigenvalue weighted by atomic mass is 16.3. The summed E-state index contributed by atoms with van der Waals surface area (Å²) in [4.78, 5) is 2.70. The van der Waals surface area contributed by atoms with E-state index in [9.17, 15) is 0 Å². The lowest BCUT2D eigenvalue weighted by Gasteiger charge is -1.98. The molecule has 0 spiro atoms. The van der Waals surface area contributed by atoms with Crippen LogP contribution in [0.25, 0.3) is 22.1 Å². The summed E-state index contributed by atoms with van der Waals surface area (Å²) in [6.07, 6.45) is 6.80. The standard InChI is InChI=1S/C15H10N4O/c16-11-13(3-1-4-15-5-2-10-20-15)12-6-8-14(9-7-12)18-19-17/h1-10H/b4-1+,13-3+. The van der Waals surface area contributed by atoms with E-state index in [2.05, 4.69) is 16.1 Å². The highest BCUT2D eigenvalue weighted by Gasteiger charge is 1.99. The van der Waals surface area contributed by atoms with E-state index < -0.39 is 0 Å². The van der Waals surface area contributed by atoms with Crippen LogP contribution in [0.4, 0.5) is 5.69 Å². The van der Waals surface area contributed by atoms with Crippen LogP contribution >= 0.6 is 0 Å². The Balaban J connectivity index is 2.19. The predicted molar refractivity (Wildman–Crippen MR) is 76.6 cm³/mol. The lowest BCUT2D eigenvalue weighted by molar-refractivity contribution is 0.557. The quantitative estimate of drug-likeness (QED) is 0.259. The van der Waals surface area contributed by atoms with Gasteiger partial charge in [0.25, 0.3) is 0 Å². The Bertz CT molecular complexity index is 712. The van der Waals surface area contributed by atoms with Gasteiger partial charge in [0.15, 0.2) is 0 Å². The Labute approximate surface area is 115 Å². The van der Waals surface area contributed by atoms with Crippen molar-refractivity contribution in [3.05, 3.63) is 76.6 Å². The van der Waals surface area contributed by atoms with Gasteiger partial charge in [-0.1, -0.05) is 35.5 Å². The lowest BCUT2D eigenvalue weighted by Crippen LogP contribution is -1.79. The number of allylic oxidation sites excluding steroid dienone is 3. The molecule has 0 aliphatic rings. The molecular formula is C15H10N4O. The maximum atomic E-state index is 9.15. The van der Waals surface area contributed by atoms with E-state index in [0.29, 0.717) is 11.3 Å². The van der Waals surface area contributed by atoms with Gasteiger partial charge in [0.05, 0.1) is 17.9 Å². The van der Waals surface area contributed by atoms with Crippen molar-refractivity contribution < 1.29 is 4.42 Å². The van der Waals surface area contributed by atoms with Crippen molar-refractivity contribution in [2.75, 3.05) is 0 Å². The third kappa shape index (κ3) is 3.39. The molecule has 0 atom stereocenters. The van der Waals surface area contributed by atoms with Crippen molar-refractivity contribution >= 4 is 17.3 Å². The summed E-state index contributed by atoms with van der Waals surface area (Å²) in [6.45, 7) is 0. The molecule has 1 aromatic carbocycles. The average molecular weight is 262 g/mol. The van der Waals surface area contributed by atoms with Gasteiger partial charge in [-0.15, -0.1) is 0 Å². The van der Waals surface area contributed by atoms with Crippen LogP contribution < -0.4 is 0 Å². The summed E-state index contributed by atoms with van der Waals surface area (Å²) in [6, 6.07) is 12.5.